The van der Waals surface area contributed by atoms with Gasteiger partial charge in [0, 0.05) is 7.05 Å². The second kappa shape index (κ2) is 9.09. The van der Waals surface area contributed by atoms with Gasteiger partial charge in [0.2, 0.25) is 5.91 Å². The zero-order chi connectivity index (χ0) is 20.9. The number of hydrogen-bond acceptors (Lipinski definition) is 4. The first-order valence-corrected chi connectivity index (χ1v) is 10.8. The maximum atomic E-state index is 13.1. The molecule has 0 fully saturated rings. The molecule has 0 aliphatic rings. The molecule has 5 heteroatoms. The molecule has 0 unspecified atom stereocenters. The van der Waals surface area contributed by atoms with E-state index in [2.05, 4.69) is 29.2 Å². The van der Waals surface area contributed by atoms with Crippen LogP contribution in [0.4, 0.5) is 0 Å². The molecule has 4 rings (SSSR count). The van der Waals surface area contributed by atoms with Gasteiger partial charge in [-0.25, -0.2) is 9.97 Å². The van der Waals surface area contributed by atoms with Gasteiger partial charge >= 0.3 is 0 Å². The summed E-state index contributed by atoms with van der Waals surface area (Å²) in [5.74, 6) is 0.354. The van der Waals surface area contributed by atoms with Gasteiger partial charge < -0.3 is 4.90 Å². The van der Waals surface area contributed by atoms with E-state index in [0.717, 1.165) is 32.9 Å². The number of fused-ring (bicyclic) bond motifs is 1. The lowest BCUT2D eigenvalue weighted by atomic mass is 9.97. The Morgan fingerprint density at radius 1 is 0.833 bits per heavy atom. The van der Waals surface area contributed by atoms with Crippen LogP contribution in [-0.4, -0.2) is 33.6 Å². The Hall–Kier alpha value is -3.18. The number of aromatic nitrogens is 2. The van der Waals surface area contributed by atoms with Gasteiger partial charge in [-0.3, -0.25) is 4.79 Å². The molecule has 0 aliphatic heterocycles. The van der Waals surface area contributed by atoms with Crippen LogP contribution in [0.2, 0.25) is 0 Å². The minimum atomic E-state index is -0.135. The maximum Gasteiger partial charge on any atom is 0.233 e. The van der Waals surface area contributed by atoms with E-state index in [1.165, 1.54) is 11.8 Å². The van der Waals surface area contributed by atoms with Crippen LogP contribution in [-0.2, 0) is 4.79 Å². The molecule has 4 aromatic rings. The molecule has 0 saturated carbocycles. The molecule has 3 aromatic carbocycles. The van der Waals surface area contributed by atoms with E-state index in [1.54, 1.807) is 0 Å². The SMILES string of the molecule is Cc1nc2ccccc2nc1SCC(=O)N(C)C(c1ccccc1)c1ccccc1. The Balaban J connectivity index is 1.55. The Labute approximate surface area is 181 Å². The lowest BCUT2D eigenvalue weighted by Gasteiger charge is -2.29. The topological polar surface area (TPSA) is 46.1 Å². The van der Waals surface area contributed by atoms with Crippen molar-refractivity contribution in [1.29, 1.82) is 0 Å². The fourth-order valence-corrected chi connectivity index (χ4v) is 4.38. The first-order valence-electron chi connectivity index (χ1n) is 9.85. The second-order valence-electron chi connectivity index (χ2n) is 7.12. The number of carbonyl (C=O) groups excluding carboxylic acids is 1. The highest BCUT2D eigenvalue weighted by Gasteiger charge is 2.23. The molecule has 30 heavy (non-hydrogen) atoms. The summed E-state index contributed by atoms with van der Waals surface area (Å²) < 4.78 is 0. The number of thioether (sulfide) groups is 1. The van der Waals surface area contributed by atoms with Crippen LogP contribution in [0, 0.1) is 6.92 Å². The summed E-state index contributed by atoms with van der Waals surface area (Å²) in [6, 6.07) is 27.9. The summed E-state index contributed by atoms with van der Waals surface area (Å²) in [5, 5.41) is 0.798. The molecule has 0 saturated heterocycles. The van der Waals surface area contributed by atoms with Crippen LogP contribution in [0.5, 0.6) is 0 Å². The predicted molar refractivity (Wildman–Crippen MR) is 122 cm³/mol. The van der Waals surface area contributed by atoms with Crippen molar-refractivity contribution >= 4 is 28.7 Å². The van der Waals surface area contributed by atoms with Gasteiger partial charge in [-0.05, 0) is 30.2 Å². The monoisotopic (exact) mass is 413 g/mol. The highest BCUT2D eigenvalue weighted by atomic mass is 32.2. The van der Waals surface area contributed by atoms with Crippen LogP contribution in [0.15, 0.2) is 90.0 Å². The maximum absolute atomic E-state index is 13.1. The quantitative estimate of drug-likeness (QED) is 0.404. The Morgan fingerprint density at radius 2 is 1.33 bits per heavy atom. The summed E-state index contributed by atoms with van der Waals surface area (Å²) in [7, 11) is 1.87. The van der Waals surface area contributed by atoms with Crippen LogP contribution >= 0.6 is 11.8 Å². The number of para-hydroxylation sites is 2. The summed E-state index contributed by atoms with van der Waals surface area (Å²) in [5.41, 5.74) is 4.74. The predicted octanol–water partition coefficient (Wildman–Crippen LogP) is 5.28. The van der Waals surface area contributed by atoms with Crippen LogP contribution in [0.25, 0.3) is 11.0 Å². The number of benzene rings is 3. The van der Waals surface area contributed by atoms with Crippen molar-refractivity contribution in [3.05, 3.63) is 102 Å². The third-order valence-electron chi connectivity index (χ3n) is 5.05. The number of amides is 1. The highest BCUT2D eigenvalue weighted by Crippen LogP contribution is 2.29. The van der Waals surface area contributed by atoms with Crippen LogP contribution < -0.4 is 0 Å². The van der Waals surface area contributed by atoms with E-state index in [-0.39, 0.29) is 11.9 Å². The van der Waals surface area contributed by atoms with Gasteiger partial charge in [-0.2, -0.15) is 0 Å². The number of rotatable bonds is 6. The van der Waals surface area contributed by atoms with Crippen molar-refractivity contribution in [1.82, 2.24) is 14.9 Å². The number of carbonyl (C=O) groups is 1. The zero-order valence-electron chi connectivity index (χ0n) is 17.0. The molecule has 0 bridgehead atoms. The fraction of sp³-hybridized carbons (Fsp3) is 0.160. The van der Waals surface area contributed by atoms with E-state index in [1.807, 2.05) is 79.5 Å². The molecule has 150 valence electrons. The summed E-state index contributed by atoms with van der Waals surface area (Å²) in [4.78, 5) is 24.3. The van der Waals surface area contributed by atoms with Gasteiger partial charge in [0.1, 0.15) is 5.03 Å². The van der Waals surface area contributed by atoms with E-state index in [9.17, 15) is 4.79 Å². The zero-order valence-corrected chi connectivity index (χ0v) is 17.8. The number of aryl methyl sites for hydroxylation is 1. The molecular weight excluding hydrogens is 390 g/mol. The number of nitrogens with zero attached hydrogens (tertiary/aromatic N) is 3. The molecule has 0 atom stereocenters. The van der Waals surface area contributed by atoms with Gasteiger partial charge in [0.05, 0.1) is 28.5 Å². The fourth-order valence-electron chi connectivity index (χ4n) is 3.49. The summed E-state index contributed by atoms with van der Waals surface area (Å²) >= 11 is 1.44. The van der Waals surface area contributed by atoms with Crippen molar-refractivity contribution in [3.8, 4) is 0 Å². The second-order valence-corrected chi connectivity index (χ2v) is 8.08. The van der Waals surface area contributed by atoms with Crippen molar-refractivity contribution in [2.75, 3.05) is 12.8 Å². The Bertz CT molecular complexity index is 1110. The van der Waals surface area contributed by atoms with E-state index in [4.69, 9.17) is 4.98 Å². The molecule has 1 amide bonds. The van der Waals surface area contributed by atoms with Crippen molar-refractivity contribution in [3.63, 3.8) is 0 Å². The number of hydrogen-bond donors (Lipinski definition) is 0. The van der Waals surface area contributed by atoms with Crippen molar-refractivity contribution < 1.29 is 4.79 Å². The lowest BCUT2D eigenvalue weighted by molar-refractivity contribution is -0.128. The van der Waals surface area contributed by atoms with Gasteiger partial charge in [0.15, 0.2) is 0 Å². The van der Waals surface area contributed by atoms with E-state index < -0.39 is 0 Å². The van der Waals surface area contributed by atoms with Crippen molar-refractivity contribution in [2.24, 2.45) is 0 Å². The molecule has 4 nitrogen and oxygen atoms in total. The van der Waals surface area contributed by atoms with Gasteiger partial charge in [-0.1, -0.05) is 84.6 Å². The van der Waals surface area contributed by atoms with Crippen LogP contribution in [0.1, 0.15) is 22.9 Å². The normalized spacial score (nSPS) is 11.0. The minimum Gasteiger partial charge on any atom is -0.334 e. The third-order valence-corrected chi connectivity index (χ3v) is 6.10. The summed E-state index contributed by atoms with van der Waals surface area (Å²) in [6.07, 6.45) is 0. The molecular formula is C25H23N3OS. The Morgan fingerprint density at radius 3 is 1.90 bits per heavy atom. The minimum absolute atomic E-state index is 0.0482. The van der Waals surface area contributed by atoms with Gasteiger partial charge in [-0.15, -0.1) is 0 Å². The standard InChI is InChI=1S/C25H23N3OS/c1-18-25(27-22-16-10-9-15-21(22)26-18)30-17-23(29)28(2)24(19-11-5-3-6-12-19)20-13-7-4-8-14-20/h3-16,24H,17H2,1-2H3. The first kappa shape index (κ1) is 20.1. The summed E-state index contributed by atoms with van der Waals surface area (Å²) in [6.45, 7) is 1.94. The molecule has 0 N–H and O–H groups in total. The first-order chi connectivity index (χ1) is 14.6. The lowest BCUT2D eigenvalue weighted by Crippen LogP contribution is -2.33. The molecule has 0 radical (unpaired) electrons. The van der Waals surface area contributed by atoms with Crippen molar-refractivity contribution in [2.45, 2.75) is 18.0 Å². The average Bonchev–Trinajstić information content (AvgIpc) is 2.79. The molecule has 1 heterocycles. The van der Waals surface area contributed by atoms with E-state index in [0.29, 0.717) is 5.75 Å². The third kappa shape index (κ3) is 4.36. The van der Waals surface area contributed by atoms with Gasteiger partial charge in [0.25, 0.3) is 0 Å². The average molecular weight is 414 g/mol. The van der Waals surface area contributed by atoms with Crippen LogP contribution in [0.3, 0.4) is 0 Å². The molecule has 1 aromatic heterocycles. The largest absolute Gasteiger partial charge is 0.334 e. The Kier molecular flexibility index (Phi) is 6.10. The molecule has 0 spiro atoms. The molecule has 0 aliphatic carbocycles. The highest BCUT2D eigenvalue weighted by molar-refractivity contribution is 7.99. The van der Waals surface area contributed by atoms with E-state index >= 15 is 0 Å². The smallest absolute Gasteiger partial charge is 0.233 e.